The third kappa shape index (κ3) is 2.44. The minimum absolute atomic E-state index is 0.0665. The fourth-order valence-electron chi connectivity index (χ4n) is 1.19. The summed E-state index contributed by atoms with van der Waals surface area (Å²) in [4.78, 5) is 21.0. The van der Waals surface area contributed by atoms with Gasteiger partial charge in [0.05, 0.1) is 21.2 Å². The summed E-state index contributed by atoms with van der Waals surface area (Å²) in [6, 6.07) is 2.70. The molecule has 0 saturated heterocycles. The fraction of sp³-hybridized carbons (Fsp3) is 0.222. The van der Waals surface area contributed by atoms with Gasteiger partial charge in [-0.3, -0.25) is 14.9 Å². The van der Waals surface area contributed by atoms with E-state index < -0.39 is 4.92 Å². The first-order chi connectivity index (χ1) is 6.93. The third-order valence-electron chi connectivity index (χ3n) is 1.88. The van der Waals surface area contributed by atoms with Crippen LogP contribution in [0, 0.1) is 17.0 Å². The van der Waals surface area contributed by atoms with Crippen LogP contribution in [-0.2, 0) is 4.79 Å². The molecule has 0 fully saturated rings. The predicted molar refractivity (Wildman–Crippen MR) is 57.1 cm³/mol. The lowest BCUT2D eigenvalue weighted by molar-refractivity contribution is -0.385. The molecule has 0 aliphatic rings. The normalized spacial score (nSPS) is 9.80. The van der Waals surface area contributed by atoms with Crippen molar-refractivity contribution in [1.82, 2.24) is 0 Å². The highest BCUT2D eigenvalue weighted by Gasteiger charge is 2.16. The molecule has 6 heteroatoms. The van der Waals surface area contributed by atoms with Crippen molar-refractivity contribution >= 4 is 28.9 Å². The number of nitro benzene ring substituents is 1. The van der Waals surface area contributed by atoms with Gasteiger partial charge in [-0.2, -0.15) is 0 Å². The summed E-state index contributed by atoms with van der Waals surface area (Å²) in [5.41, 5.74) is 0.573. The highest BCUT2D eigenvalue weighted by atomic mass is 35.5. The molecule has 0 heterocycles. The van der Waals surface area contributed by atoms with E-state index in [1.807, 2.05) is 0 Å². The van der Waals surface area contributed by atoms with Crippen LogP contribution in [0.4, 0.5) is 11.4 Å². The Kier molecular flexibility index (Phi) is 3.26. The van der Waals surface area contributed by atoms with Crippen molar-refractivity contribution in [2.24, 2.45) is 0 Å². The van der Waals surface area contributed by atoms with Crippen LogP contribution in [0.2, 0.25) is 5.02 Å². The molecule has 1 rings (SSSR count). The van der Waals surface area contributed by atoms with Gasteiger partial charge in [0.25, 0.3) is 5.69 Å². The van der Waals surface area contributed by atoms with Crippen LogP contribution in [0.3, 0.4) is 0 Å². The van der Waals surface area contributed by atoms with Crippen LogP contribution in [0.1, 0.15) is 12.5 Å². The number of carbonyl (C=O) groups excluding carboxylic acids is 1. The first-order valence-corrected chi connectivity index (χ1v) is 4.52. The molecule has 0 atom stereocenters. The van der Waals surface area contributed by atoms with Gasteiger partial charge in [0.2, 0.25) is 5.91 Å². The van der Waals surface area contributed by atoms with Gasteiger partial charge < -0.3 is 5.32 Å². The molecule has 0 bridgehead atoms. The van der Waals surface area contributed by atoms with Gasteiger partial charge in [-0.15, -0.1) is 0 Å². The Morgan fingerprint density at radius 1 is 1.53 bits per heavy atom. The molecular formula is C9H9ClN2O3. The molecule has 0 aromatic heterocycles. The first kappa shape index (κ1) is 11.5. The second-order valence-electron chi connectivity index (χ2n) is 3.00. The minimum atomic E-state index is -0.517. The summed E-state index contributed by atoms with van der Waals surface area (Å²) in [5.74, 6) is -0.319. The molecule has 1 amide bonds. The summed E-state index contributed by atoms with van der Waals surface area (Å²) in [6.45, 7) is 2.85. The molecule has 0 saturated carbocycles. The Labute approximate surface area is 91.2 Å². The predicted octanol–water partition coefficient (Wildman–Crippen LogP) is 2.52. The minimum Gasteiger partial charge on any atom is -0.325 e. The molecule has 0 radical (unpaired) electrons. The topological polar surface area (TPSA) is 72.2 Å². The Balaban J connectivity index is 3.29. The van der Waals surface area contributed by atoms with E-state index in [2.05, 4.69) is 5.32 Å². The van der Waals surface area contributed by atoms with Gasteiger partial charge in [-0.25, -0.2) is 0 Å². The maximum Gasteiger partial charge on any atom is 0.274 e. The van der Waals surface area contributed by atoms with Crippen molar-refractivity contribution in [2.45, 2.75) is 13.8 Å². The van der Waals surface area contributed by atoms with Gasteiger partial charge in [-0.1, -0.05) is 11.6 Å². The summed E-state index contributed by atoms with van der Waals surface area (Å²) >= 11 is 5.81. The molecular weight excluding hydrogens is 220 g/mol. The Bertz CT molecular complexity index is 432. The molecule has 15 heavy (non-hydrogen) atoms. The smallest absolute Gasteiger partial charge is 0.274 e. The summed E-state index contributed by atoms with van der Waals surface area (Å²) in [7, 11) is 0. The van der Waals surface area contributed by atoms with Gasteiger partial charge in [0, 0.05) is 13.0 Å². The summed E-state index contributed by atoms with van der Waals surface area (Å²) in [6.07, 6.45) is 0. The van der Waals surface area contributed by atoms with Crippen molar-refractivity contribution in [2.75, 3.05) is 5.32 Å². The van der Waals surface area contributed by atoms with E-state index in [1.165, 1.54) is 26.0 Å². The Morgan fingerprint density at radius 2 is 2.13 bits per heavy atom. The van der Waals surface area contributed by atoms with Crippen LogP contribution < -0.4 is 5.32 Å². The maximum atomic E-state index is 10.9. The fourth-order valence-corrected chi connectivity index (χ4v) is 1.45. The monoisotopic (exact) mass is 228 g/mol. The number of benzene rings is 1. The molecule has 5 nitrogen and oxygen atoms in total. The summed E-state index contributed by atoms with van der Waals surface area (Å²) < 4.78 is 0. The molecule has 0 aliphatic heterocycles. The Hall–Kier alpha value is -1.62. The highest BCUT2D eigenvalue weighted by molar-refractivity contribution is 6.34. The van der Waals surface area contributed by atoms with E-state index in [1.54, 1.807) is 0 Å². The number of nitrogens with one attached hydrogen (secondary N) is 1. The largest absolute Gasteiger partial charge is 0.325 e. The molecule has 0 unspecified atom stereocenters. The van der Waals surface area contributed by atoms with Gasteiger partial charge in [-0.05, 0) is 13.0 Å². The van der Waals surface area contributed by atoms with E-state index in [4.69, 9.17) is 11.6 Å². The quantitative estimate of drug-likeness (QED) is 0.624. The second kappa shape index (κ2) is 4.27. The van der Waals surface area contributed by atoms with Crippen molar-refractivity contribution in [3.63, 3.8) is 0 Å². The van der Waals surface area contributed by atoms with Crippen molar-refractivity contribution in [1.29, 1.82) is 0 Å². The Morgan fingerprint density at radius 3 is 2.60 bits per heavy atom. The number of nitro groups is 1. The zero-order valence-electron chi connectivity index (χ0n) is 8.20. The van der Waals surface area contributed by atoms with Crippen molar-refractivity contribution < 1.29 is 9.72 Å². The number of hydrogen-bond donors (Lipinski definition) is 1. The number of rotatable bonds is 2. The highest BCUT2D eigenvalue weighted by Crippen LogP contribution is 2.32. The van der Waals surface area contributed by atoms with E-state index in [0.29, 0.717) is 11.3 Å². The second-order valence-corrected chi connectivity index (χ2v) is 3.41. The average Bonchev–Trinajstić information content (AvgIpc) is 2.11. The van der Waals surface area contributed by atoms with Crippen molar-refractivity contribution in [3.05, 3.63) is 32.8 Å². The van der Waals surface area contributed by atoms with Crippen molar-refractivity contribution in [3.8, 4) is 0 Å². The number of anilines is 1. The third-order valence-corrected chi connectivity index (χ3v) is 2.20. The van der Waals surface area contributed by atoms with Crippen LogP contribution in [0.15, 0.2) is 12.1 Å². The molecule has 1 aromatic carbocycles. The van der Waals surface area contributed by atoms with E-state index in [0.717, 1.165) is 0 Å². The summed E-state index contributed by atoms with van der Waals surface area (Å²) in [5, 5.41) is 13.4. The van der Waals surface area contributed by atoms with Gasteiger partial charge in [0.15, 0.2) is 0 Å². The number of carbonyl (C=O) groups is 1. The first-order valence-electron chi connectivity index (χ1n) is 4.14. The molecule has 0 aliphatic carbocycles. The maximum absolute atomic E-state index is 10.9. The molecule has 0 spiro atoms. The number of nitrogens with zero attached hydrogens (tertiary/aromatic N) is 1. The van der Waals surface area contributed by atoms with Gasteiger partial charge >= 0.3 is 0 Å². The van der Waals surface area contributed by atoms with Crippen LogP contribution in [0.5, 0.6) is 0 Å². The lowest BCUT2D eigenvalue weighted by atomic mass is 10.1. The zero-order valence-corrected chi connectivity index (χ0v) is 8.96. The number of amides is 1. The lowest BCUT2D eigenvalue weighted by Gasteiger charge is -2.08. The molecule has 1 N–H and O–H groups in total. The van der Waals surface area contributed by atoms with E-state index >= 15 is 0 Å². The molecule has 1 aromatic rings. The van der Waals surface area contributed by atoms with Crippen LogP contribution >= 0.6 is 11.6 Å². The average molecular weight is 229 g/mol. The van der Waals surface area contributed by atoms with Crippen LogP contribution in [-0.4, -0.2) is 10.8 Å². The molecule has 80 valence electrons. The number of halogens is 1. The zero-order chi connectivity index (χ0) is 11.6. The van der Waals surface area contributed by atoms with E-state index in [-0.39, 0.29) is 16.6 Å². The lowest BCUT2D eigenvalue weighted by Crippen LogP contribution is -2.08. The van der Waals surface area contributed by atoms with Crippen LogP contribution in [0.25, 0.3) is 0 Å². The number of hydrogen-bond acceptors (Lipinski definition) is 3. The van der Waals surface area contributed by atoms with Gasteiger partial charge in [0.1, 0.15) is 0 Å². The SMILES string of the molecule is CC(=O)Nc1c(Cl)ccc([N+](=O)[O-])c1C. The van der Waals surface area contributed by atoms with E-state index in [9.17, 15) is 14.9 Å². The standard InChI is InChI=1S/C9H9ClN2O3/c1-5-8(12(14)15)4-3-7(10)9(5)11-6(2)13/h3-4H,1-2H3,(H,11,13).